The van der Waals surface area contributed by atoms with Gasteiger partial charge in [0.25, 0.3) is 5.91 Å². The van der Waals surface area contributed by atoms with Gasteiger partial charge in [-0.05, 0) is 55.7 Å². The minimum Gasteiger partial charge on any atom is -0.379 e. The molecule has 7 nitrogen and oxygen atoms in total. The molecular formula is C23H27Cl2N3O4S. The number of halogens is 2. The van der Waals surface area contributed by atoms with E-state index in [0.29, 0.717) is 41.9 Å². The third-order valence-corrected chi connectivity index (χ3v) is 8.69. The normalized spacial score (nSPS) is 18.3. The molecule has 0 aliphatic carbocycles. The number of amides is 1. The van der Waals surface area contributed by atoms with Crippen LogP contribution in [0.25, 0.3) is 0 Å². The van der Waals surface area contributed by atoms with E-state index in [1.807, 2.05) is 6.92 Å². The fraction of sp³-hybridized carbons (Fsp3) is 0.435. The molecule has 10 heteroatoms. The van der Waals surface area contributed by atoms with Gasteiger partial charge in [-0.15, -0.1) is 0 Å². The maximum atomic E-state index is 13.4. The molecule has 2 aromatic rings. The van der Waals surface area contributed by atoms with Crippen LogP contribution in [0.15, 0.2) is 41.3 Å². The van der Waals surface area contributed by atoms with E-state index in [1.165, 1.54) is 10.4 Å². The molecule has 0 saturated carbocycles. The largest absolute Gasteiger partial charge is 0.379 e. The number of benzene rings is 2. The molecule has 178 valence electrons. The lowest BCUT2D eigenvalue weighted by atomic mass is 10.1. The summed E-state index contributed by atoms with van der Waals surface area (Å²) in [7, 11) is -3.73. The lowest BCUT2D eigenvalue weighted by Crippen LogP contribution is -2.40. The molecule has 2 saturated heterocycles. The first-order chi connectivity index (χ1) is 15.8. The third kappa shape index (κ3) is 5.30. The Morgan fingerprint density at radius 3 is 2.36 bits per heavy atom. The maximum absolute atomic E-state index is 13.4. The van der Waals surface area contributed by atoms with Gasteiger partial charge >= 0.3 is 0 Å². The second-order valence-corrected chi connectivity index (χ2v) is 11.0. The maximum Gasteiger partial charge on any atom is 0.253 e. The Labute approximate surface area is 204 Å². The van der Waals surface area contributed by atoms with Crippen molar-refractivity contribution in [3.63, 3.8) is 0 Å². The average Bonchev–Trinajstić information content (AvgIpc) is 3.35. The third-order valence-electron chi connectivity index (χ3n) is 6.06. The zero-order valence-corrected chi connectivity index (χ0v) is 20.7. The minimum absolute atomic E-state index is 0.111. The predicted octanol–water partition coefficient (Wildman–Crippen LogP) is 4.11. The lowest BCUT2D eigenvalue weighted by Gasteiger charge is -2.27. The van der Waals surface area contributed by atoms with Gasteiger partial charge in [0.15, 0.2) is 0 Å². The van der Waals surface area contributed by atoms with Crippen molar-refractivity contribution in [2.45, 2.75) is 30.7 Å². The summed E-state index contributed by atoms with van der Waals surface area (Å²) in [6.45, 7) is 4.83. The summed E-state index contributed by atoms with van der Waals surface area (Å²) in [6.07, 6.45) is 2.07. The zero-order chi connectivity index (χ0) is 23.6. The molecule has 0 unspecified atom stereocenters. The van der Waals surface area contributed by atoms with Crippen molar-refractivity contribution in [1.82, 2.24) is 9.62 Å². The number of morpholine rings is 1. The summed E-state index contributed by atoms with van der Waals surface area (Å²) in [5.41, 5.74) is 1.89. The Bertz CT molecular complexity index is 1130. The number of hydrogen-bond donors (Lipinski definition) is 1. The van der Waals surface area contributed by atoms with Crippen LogP contribution in [0.2, 0.25) is 10.0 Å². The minimum atomic E-state index is -3.73. The van der Waals surface area contributed by atoms with Crippen molar-refractivity contribution in [3.8, 4) is 0 Å². The number of hydrogen-bond acceptors (Lipinski definition) is 5. The number of carbonyl (C=O) groups is 1. The van der Waals surface area contributed by atoms with Gasteiger partial charge in [-0.3, -0.25) is 4.79 Å². The fourth-order valence-corrected chi connectivity index (χ4v) is 5.91. The summed E-state index contributed by atoms with van der Waals surface area (Å²) in [4.78, 5) is 15.6. The van der Waals surface area contributed by atoms with E-state index in [2.05, 4.69) is 10.2 Å². The van der Waals surface area contributed by atoms with Crippen LogP contribution in [0.4, 0.5) is 5.69 Å². The van der Waals surface area contributed by atoms with Crippen LogP contribution in [0.1, 0.15) is 41.7 Å². The van der Waals surface area contributed by atoms with Crippen molar-refractivity contribution >= 4 is 44.8 Å². The first-order valence-corrected chi connectivity index (χ1v) is 13.2. The Hall–Kier alpha value is -1.84. The first kappa shape index (κ1) is 24.3. The molecule has 4 rings (SSSR count). The lowest BCUT2D eigenvalue weighted by molar-refractivity contribution is 0.0730. The van der Waals surface area contributed by atoms with Crippen LogP contribution in [0, 0.1) is 0 Å². The zero-order valence-electron chi connectivity index (χ0n) is 18.4. The van der Waals surface area contributed by atoms with Gasteiger partial charge in [0.05, 0.1) is 39.8 Å². The average molecular weight is 512 g/mol. The molecule has 1 amide bonds. The smallest absolute Gasteiger partial charge is 0.253 e. The van der Waals surface area contributed by atoms with Crippen molar-refractivity contribution in [3.05, 3.63) is 57.6 Å². The van der Waals surface area contributed by atoms with Crippen LogP contribution in [0.3, 0.4) is 0 Å². The molecular weight excluding hydrogens is 485 g/mol. The summed E-state index contributed by atoms with van der Waals surface area (Å²) in [5.74, 6) is -0.338. The number of anilines is 1. The van der Waals surface area contributed by atoms with E-state index in [0.717, 1.165) is 37.2 Å². The summed E-state index contributed by atoms with van der Waals surface area (Å²) < 4.78 is 33.1. The fourth-order valence-electron chi connectivity index (χ4n) is 4.17. The van der Waals surface area contributed by atoms with Gasteiger partial charge in [-0.1, -0.05) is 29.3 Å². The number of nitrogens with one attached hydrogen (secondary N) is 1. The second-order valence-electron chi connectivity index (χ2n) is 8.26. The molecule has 1 N–H and O–H groups in total. The molecule has 2 heterocycles. The highest BCUT2D eigenvalue weighted by atomic mass is 35.5. The van der Waals surface area contributed by atoms with Gasteiger partial charge in [-0.25, -0.2) is 8.42 Å². The standard InChI is InChI=1S/C23H27Cl2N3O4S/c1-16(17-4-6-20(24)21(25)14-17)26-23(29)19-15-18(5-7-22(19)27-8-2-3-9-27)33(30,31)28-10-12-32-13-11-28/h4-7,14-16H,2-3,8-13H2,1H3,(H,26,29)/t16-/m1/s1. The summed E-state index contributed by atoms with van der Waals surface area (Å²) >= 11 is 12.1. The molecule has 0 bridgehead atoms. The van der Waals surface area contributed by atoms with E-state index in [-0.39, 0.29) is 16.8 Å². The van der Waals surface area contributed by atoms with Gasteiger partial charge in [0.2, 0.25) is 10.0 Å². The predicted molar refractivity (Wildman–Crippen MR) is 130 cm³/mol. The second kappa shape index (κ2) is 10.2. The van der Waals surface area contributed by atoms with Gasteiger partial charge in [-0.2, -0.15) is 4.31 Å². The Morgan fingerprint density at radius 2 is 1.70 bits per heavy atom. The number of sulfonamides is 1. The molecule has 2 aliphatic heterocycles. The van der Waals surface area contributed by atoms with E-state index in [1.54, 1.807) is 30.3 Å². The molecule has 0 radical (unpaired) electrons. The molecule has 0 spiro atoms. The molecule has 2 aliphatic rings. The monoisotopic (exact) mass is 511 g/mol. The molecule has 33 heavy (non-hydrogen) atoms. The number of nitrogens with zero attached hydrogens (tertiary/aromatic N) is 2. The molecule has 2 fully saturated rings. The highest BCUT2D eigenvalue weighted by molar-refractivity contribution is 7.89. The van der Waals surface area contributed by atoms with Crippen LogP contribution < -0.4 is 10.2 Å². The Balaban J connectivity index is 1.65. The van der Waals surface area contributed by atoms with Crippen LogP contribution in [0.5, 0.6) is 0 Å². The van der Waals surface area contributed by atoms with Gasteiger partial charge in [0.1, 0.15) is 0 Å². The number of carbonyl (C=O) groups excluding carboxylic acids is 1. The quantitative estimate of drug-likeness (QED) is 0.631. The van der Waals surface area contributed by atoms with E-state index in [9.17, 15) is 13.2 Å². The van der Waals surface area contributed by atoms with Crippen molar-refractivity contribution in [1.29, 1.82) is 0 Å². The first-order valence-electron chi connectivity index (χ1n) is 11.0. The van der Waals surface area contributed by atoms with Crippen LogP contribution in [-0.4, -0.2) is 58.0 Å². The van der Waals surface area contributed by atoms with Crippen molar-refractivity contribution < 1.29 is 17.9 Å². The van der Waals surface area contributed by atoms with Gasteiger partial charge in [0, 0.05) is 31.9 Å². The number of ether oxygens (including phenoxy) is 1. The van der Waals surface area contributed by atoms with E-state index in [4.69, 9.17) is 27.9 Å². The Kier molecular flexibility index (Phi) is 7.50. The topological polar surface area (TPSA) is 79.0 Å². The summed E-state index contributed by atoms with van der Waals surface area (Å²) in [6, 6.07) is 9.70. The molecule has 1 atom stereocenters. The summed E-state index contributed by atoms with van der Waals surface area (Å²) in [5, 5.41) is 3.84. The highest BCUT2D eigenvalue weighted by Crippen LogP contribution is 2.30. The molecule has 2 aromatic carbocycles. The molecule has 0 aromatic heterocycles. The van der Waals surface area contributed by atoms with E-state index >= 15 is 0 Å². The van der Waals surface area contributed by atoms with Gasteiger partial charge < -0.3 is 15.0 Å². The number of rotatable bonds is 6. The van der Waals surface area contributed by atoms with E-state index < -0.39 is 10.0 Å². The van der Waals surface area contributed by atoms with Crippen molar-refractivity contribution in [2.75, 3.05) is 44.3 Å². The van der Waals surface area contributed by atoms with Crippen molar-refractivity contribution in [2.24, 2.45) is 0 Å². The van der Waals surface area contributed by atoms with Crippen LogP contribution >= 0.6 is 23.2 Å². The SMILES string of the molecule is C[C@@H](NC(=O)c1cc(S(=O)(=O)N2CCOCC2)ccc1N1CCCC1)c1ccc(Cl)c(Cl)c1. The van der Waals surface area contributed by atoms with Crippen LogP contribution in [-0.2, 0) is 14.8 Å². The Morgan fingerprint density at radius 1 is 1.00 bits per heavy atom. The highest BCUT2D eigenvalue weighted by Gasteiger charge is 2.29.